The summed E-state index contributed by atoms with van der Waals surface area (Å²) in [7, 11) is 0. The Morgan fingerprint density at radius 3 is 2.68 bits per heavy atom. The second kappa shape index (κ2) is 6.62. The van der Waals surface area contributed by atoms with Gasteiger partial charge >= 0.3 is 5.97 Å². The predicted molar refractivity (Wildman–Crippen MR) is 82.5 cm³/mol. The van der Waals surface area contributed by atoms with Gasteiger partial charge < -0.3 is 10.1 Å². The Kier molecular flexibility index (Phi) is 4.20. The fourth-order valence-corrected chi connectivity index (χ4v) is 2.05. The lowest BCUT2D eigenvalue weighted by molar-refractivity contribution is 0.0516. The molecule has 0 bridgehead atoms. The minimum absolute atomic E-state index is 0.210. The molecule has 0 spiro atoms. The number of nitrogens with one attached hydrogen (secondary N) is 1. The number of nitrogens with zero attached hydrogens (tertiary/aromatic N) is 3. The van der Waals surface area contributed by atoms with Crippen molar-refractivity contribution in [1.29, 1.82) is 0 Å². The number of esters is 1. The maximum absolute atomic E-state index is 12.1. The van der Waals surface area contributed by atoms with Crippen molar-refractivity contribution in [2.45, 2.75) is 0 Å². The van der Waals surface area contributed by atoms with Gasteiger partial charge in [-0.3, -0.25) is 0 Å². The van der Waals surface area contributed by atoms with Crippen molar-refractivity contribution in [3.8, 4) is 0 Å². The highest BCUT2D eigenvalue weighted by atomic mass is 16.5. The zero-order valence-corrected chi connectivity index (χ0v) is 11.8. The Labute approximate surface area is 127 Å². The highest BCUT2D eigenvalue weighted by molar-refractivity contribution is 6.02. The molecule has 0 saturated heterocycles. The SMILES string of the molecule is O=C(OCCNc1ncccn1)c1nccc2ccccc12. The molecule has 1 N–H and O–H groups in total. The summed E-state index contributed by atoms with van der Waals surface area (Å²) in [4.78, 5) is 24.3. The first-order valence-corrected chi connectivity index (χ1v) is 6.86. The van der Waals surface area contributed by atoms with E-state index in [0.717, 1.165) is 10.8 Å². The van der Waals surface area contributed by atoms with E-state index in [4.69, 9.17) is 4.74 Å². The molecule has 1 aromatic carbocycles. The first-order chi connectivity index (χ1) is 10.8. The summed E-state index contributed by atoms with van der Waals surface area (Å²) in [6, 6.07) is 11.2. The second-order valence-corrected chi connectivity index (χ2v) is 4.52. The smallest absolute Gasteiger partial charge is 0.357 e. The Morgan fingerprint density at radius 2 is 1.82 bits per heavy atom. The Balaban J connectivity index is 1.60. The van der Waals surface area contributed by atoms with Gasteiger partial charge in [0, 0.05) is 24.0 Å². The van der Waals surface area contributed by atoms with Gasteiger partial charge in [0.1, 0.15) is 6.61 Å². The molecule has 6 heteroatoms. The summed E-state index contributed by atoms with van der Waals surface area (Å²) in [5, 5.41) is 4.71. The topological polar surface area (TPSA) is 77.0 Å². The van der Waals surface area contributed by atoms with E-state index in [-0.39, 0.29) is 6.61 Å². The molecule has 0 unspecified atom stereocenters. The molecule has 0 atom stereocenters. The maximum atomic E-state index is 12.1. The highest BCUT2D eigenvalue weighted by Gasteiger charge is 2.12. The number of anilines is 1. The summed E-state index contributed by atoms with van der Waals surface area (Å²) in [6.07, 6.45) is 4.89. The van der Waals surface area contributed by atoms with Crippen LogP contribution in [0.15, 0.2) is 55.0 Å². The lowest BCUT2D eigenvalue weighted by Gasteiger charge is -2.07. The van der Waals surface area contributed by atoms with E-state index in [1.165, 1.54) is 0 Å². The van der Waals surface area contributed by atoms with Crippen LogP contribution in [0.5, 0.6) is 0 Å². The molecule has 6 nitrogen and oxygen atoms in total. The number of benzene rings is 1. The number of carbonyl (C=O) groups excluding carboxylic acids is 1. The van der Waals surface area contributed by atoms with Gasteiger partial charge in [0.05, 0.1) is 6.54 Å². The van der Waals surface area contributed by atoms with Gasteiger partial charge in [-0.2, -0.15) is 0 Å². The van der Waals surface area contributed by atoms with E-state index in [2.05, 4.69) is 20.3 Å². The van der Waals surface area contributed by atoms with E-state index in [1.807, 2.05) is 30.3 Å². The lowest BCUT2D eigenvalue weighted by atomic mass is 10.1. The molecule has 0 aliphatic carbocycles. The fraction of sp³-hybridized carbons (Fsp3) is 0.125. The van der Waals surface area contributed by atoms with Gasteiger partial charge in [-0.1, -0.05) is 24.3 Å². The Hall–Kier alpha value is -3.02. The molecule has 2 aromatic heterocycles. The normalized spacial score (nSPS) is 10.4. The summed E-state index contributed by atoms with van der Waals surface area (Å²) in [6.45, 7) is 0.641. The number of rotatable bonds is 5. The van der Waals surface area contributed by atoms with Gasteiger partial charge in [-0.25, -0.2) is 19.7 Å². The summed E-state index contributed by atoms with van der Waals surface area (Å²) < 4.78 is 5.24. The zero-order chi connectivity index (χ0) is 15.2. The van der Waals surface area contributed by atoms with Gasteiger partial charge in [-0.15, -0.1) is 0 Å². The largest absolute Gasteiger partial charge is 0.459 e. The van der Waals surface area contributed by atoms with Crippen molar-refractivity contribution in [2.24, 2.45) is 0 Å². The summed E-state index contributed by atoms with van der Waals surface area (Å²) >= 11 is 0. The van der Waals surface area contributed by atoms with Crippen LogP contribution in [0.3, 0.4) is 0 Å². The number of aromatic nitrogens is 3. The van der Waals surface area contributed by atoms with Crippen LogP contribution in [0.25, 0.3) is 10.8 Å². The fourth-order valence-electron chi connectivity index (χ4n) is 2.05. The minimum Gasteiger partial charge on any atom is -0.459 e. The molecule has 3 aromatic rings. The second-order valence-electron chi connectivity index (χ2n) is 4.52. The van der Waals surface area contributed by atoms with E-state index in [1.54, 1.807) is 24.7 Å². The van der Waals surface area contributed by atoms with E-state index in [0.29, 0.717) is 18.2 Å². The predicted octanol–water partition coefficient (Wildman–Crippen LogP) is 2.29. The number of hydrogen-bond donors (Lipinski definition) is 1. The maximum Gasteiger partial charge on any atom is 0.357 e. The van der Waals surface area contributed by atoms with Crippen LogP contribution in [-0.4, -0.2) is 34.1 Å². The van der Waals surface area contributed by atoms with Crippen LogP contribution < -0.4 is 5.32 Å². The number of carbonyl (C=O) groups is 1. The number of fused-ring (bicyclic) bond motifs is 1. The minimum atomic E-state index is -0.437. The van der Waals surface area contributed by atoms with Crippen LogP contribution in [0.2, 0.25) is 0 Å². The third-order valence-corrected chi connectivity index (χ3v) is 3.05. The summed E-state index contributed by atoms with van der Waals surface area (Å²) in [5.74, 6) is 0.0643. The number of ether oxygens (including phenoxy) is 1. The molecular formula is C16H14N4O2. The third-order valence-electron chi connectivity index (χ3n) is 3.05. The van der Waals surface area contributed by atoms with Crippen molar-refractivity contribution in [1.82, 2.24) is 15.0 Å². The molecule has 0 aliphatic heterocycles. The van der Waals surface area contributed by atoms with Crippen LogP contribution in [0, 0.1) is 0 Å². The molecule has 0 fully saturated rings. The van der Waals surface area contributed by atoms with Crippen molar-refractivity contribution in [3.63, 3.8) is 0 Å². The molecule has 0 saturated carbocycles. The molecular weight excluding hydrogens is 280 g/mol. The third kappa shape index (κ3) is 3.17. The molecule has 3 rings (SSSR count). The van der Waals surface area contributed by atoms with Crippen molar-refractivity contribution in [3.05, 3.63) is 60.7 Å². The van der Waals surface area contributed by atoms with Gasteiger partial charge in [0.25, 0.3) is 0 Å². The molecule has 0 aliphatic rings. The average molecular weight is 294 g/mol. The lowest BCUT2D eigenvalue weighted by Crippen LogP contribution is -2.16. The average Bonchev–Trinajstić information content (AvgIpc) is 2.59. The van der Waals surface area contributed by atoms with Gasteiger partial charge in [0.2, 0.25) is 5.95 Å². The molecule has 110 valence electrons. The van der Waals surface area contributed by atoms with E-state index in [9.17, 15) is 4.79 Å². The molecule has 2 heterocycles. The standard InChI is InChI=1S/C16H14N4O2/c21-15(22-11-10-20-16-18-7-3-8-19-16)14-13-5-2-1-4-12(13)6-9-17-14/h1-9H,10-11H2,(H,18,19,20). The van der Waals surface area contributed by atoms with E-state index >= 15 is 0 Å². The van der Waals surface area contributed by atoms with E-state index < -0.39 is 5.97 Å². The highest BCUT2D eigenvalue weighted by Crippen LogP contribution is 2.16. The first kappa shape index (κ1) is 13.9. The van der Waals surface area contributed by atoms with Crippen molar-refractivity contribution < 1.29 is 9.53 Å². The molecule has 0 radical (unpaired) electrons. The molecule has 22 heavy (non-hydrogen) atoms. The zero-order valence-electron chi connectivity index (χ0n) is 11.8. The Bertz CT molecular complexity index is 772. The Morgan fingerprint density at radius 1 is 1.00 bits per heavy atom. The van der Waals surface area contributed by atoms with Gasteiger partial charge in [-0.05, 0) is 17.5 Å². The van der Waals surface area contributed by atoms with Crippen LogP contribution in [0.4, 0.5) is 5.95 Å². The van der Waals surface area contributed by atoms with Crippen molar-refractivity contribution in [2.75, 3.05) is 18.5 Å². The van der Waals surface area contributed by atoms with Crippen molar-refractivity contribution >= 4 is 22.7 Å². The molecule has 0 amide bonds. The van der Waals surface area contributed by atoms with Crippen LogP contribution in [-0.2, 0) is 4.74 Å². The van der Waals surface area contributed by atoms with Crippen LogP contribution >= 0.6 is 0 Å². The quantitative estimate of drug-likeness (QED) is 0.574. The van der Waals surface area contributed by atoms with Gasteiger partial charge in [0.15, 0.2) is 5.69 Å². The number of pyridine rings is 1. The monoisotopic (exact) mass is 294 g/mol. The number of hydrogen-bond acceptors (Lipinski definition) is 6. The van der Waals surface area contributed by atoms with Crippen LogP contribution in [0.1, 0.15) is 10.5 Å². The first-order valence-electron chi connectivity index (χ1n) is 6.86. The summed E-state index contributed by atoms with van der Waals surface area (Å²) in [5.41, 5.74) is 0.328.